The lowest BCUT2D eigenvalue weighted by Gasteiger charge is -2.22. The predicted molar refractivity (Wildman–Crippen MR) is 125 cm³/mol. The lowest BCUT2D eigenvalue weighted by atomic mass is 9.91. The standard InChI is InChI=1S/C25H24ClN5/c1-17-14-19(5-11-23(17)30-15-18(2)27-16-30)6-12-24-28-25-22(4-3-13-31(25)29-24)20-7-9-21(26)10-8-20/h5-12,14-16,22H,3-4,13H2,1-2H3/b12-6+/t22-/m1/s1. The van der Waals surface area contributed by atoms with Gasteiger partial charge >= 0.3 is 0 Å². The molecule has 1 atom stereocenters. The molecule has 0 N–H and O–H groups in total. The maximum absolute atomic E-state index is 6.06. The van der Waals surface area contributed by atoms with Crippen molar-refractivity contribution in [1.82, 2.24) is 24.3 Å². The fourth-order valence-corrected chi connectivity index (χ4v) is 4.37. The van der Waals surface area contributed by atoms with Crippen LogP contribution in [0.3, 0.4) is 0 Å². The van der Waals surface area contributed by atoms with Crippen molar-refractivity contribution in [2.24, 2.45) is 0 Å². The highest BCUT2D eigenvalue weighted by Crippen LogP contribution is 2.32. The van der Waals surface area contributed by atoms with Gasteiger partial charge in [0.1, 0.15) is 5.82 Å². The number of halogens is 1. The average Bonchev–Trinajstić information content (AvgIpc) is 3.38. The molecule has 0 unspecified atom stereocenters. The first-order valence-corrected chi connectivity index (χ1v) is 10.9. The normalized spacial score (nSPS) is 16.0. The Morgan fingerprint density at radius 1 is 1.06 bits per heavy atom. The molecular weight excluding hydrogens is 406 g/mol. The highest BCUT2D eigenvalue weighted by Gasteiger charge is 2.25. The fraction of sp³-hybridized carbons (Fsp3) is 0.240. The van der Waals surface area contributed by atoms with Crippen LogP contribution in [-0.4, -0.2) is 24.3 Å². The van der Waals surface area contributed by atoms with Crippen LogP contribution in [0.15, 0.2) is 55.0 Å². The van der Waals surface area contributed by atoms with Gasteiger partial charge in [-0.15, -0.1) is 0 Å². The maximum atomic E-state index is 6.06. The lowest BCUT2D eigenvalue weighted by molar-refractivity contribution is 0.445. The number of hydrogen-bond acceptors (Lipinski definition) is 3. The van der Waals surface area contributed by atoms with Gasteiger partial charge in [-0.25, -0.2) is 14.6 Å². The monoisotopic (exact) mass is 429 g/mol. The minimum Gasteiger partial charge on any atom is -0.306 e. The predicted octanol–water partition coefficient (Wildman–Crippen LogP) is 5.83. The Bertz CT molecular complexity index is 1250. The molecule has 156 valence electrons. The van der Waals surface area contributed by atoms with Gasteiger partial charge in [-0.2, -0.15) is 5.10 Å². The molecular formula is C25H24ClN5. The summed E-state index contributed by atoms with van der Waals surface area (Å²) in [4.78, 5) is 9.18. The minimum atomic E-state index is 0.265. The van der Waals surface area contributed by atoms with Crippen LogP contribution in [0, 0.1) is 13.8 Å². The van der Waals surface area contributed by atoms with Gasteiger partial charge in [-0.3, -0.25) is 0 Å². The van der Waals surface area contributed by atoms with Crippen molar-refractivity contribution >= 4 is 23.8 Å². The summed E-state index contributed by atoms with van der Waals surface area (Å²) < 4.78 is 4.11. The molecule has 1 aliphatic heterocycles. The van der Waals surface area contributed by atoms with Gasteiger partial charge in [0, 0.05) is 29.4 Å². The number of fused-ring (bicyclic) bond motifs is 1. The minimum absolute atomic E-state index is 0.265. The van der Waals surface area contributed by atoms with Gasteiger partial charge in [0.25, 0.3) is 0 Å². The van der Waals surface area contributed by atoms with Crippen LogP contribution in [0.25, 0.3) is 17.8 Å². The molecule has 0 amide bonds. The summed E-state index contributed by atoms with van der Waals surface area (Å²) in [7, 11) is 0. The van der Waals surface area contributed by atoms with Crippen molar-refractivity contribution in [2.45, 2.75) is 39.2 Å². The largest absolute Gasteiger partial charge is 0.306 e. The number of rotatable bonds is 4. The quantitative estimate of drug-likeness (QED) is 0.410. The first-order chi connectivity index (χ1) is 15.1. The van der Waals surface area contributed by atoms with Crippen molar-refractivity contribution in [3.8, 4) is 5.69 Å². The summed E-state index contributed by atoms with van der Waals surface area (Å²) in [5.41, 5.74) is 5.71. The summed E-state index contributed by atoms with van der Waals surface area (Å²) in [6.45, 7) is 5.03. The molecule has 2 aromatic heterocycles. The Labute approximate surface area is 187 Å². The fourth-order valence-electron chi connectivity index (χ4n) is 4.25. The summed E-state index contributed by atoms with van der Waals surface area (Å²) in [6.07, 6.45) is 10.1. The van der Waals surface area contributed by atoms with E-state index in [2.05, 4.69) is 57.6 Å². The van der Waals surface area contributed by atoms with E-state index in [9.17, 15) is 0 Å². The lowest BCUT2D eigenvalue weighted by Crippen LogP contribution is -2.17. The Hall–Kier alpha value is -3.18. The molecule has 6 heteroatoms. The zero-order valence-electron chi connectivity index (χ0n) is 17.7. The molecule has 2 aromatic carbocycles. The molecule has 3 heterocycles. The van der Waals surface area contributed by atoms with E-state index >= 15 is 0 Å². The van der Waals surface area contributed by atoms with E-state index in [0.29, 0.717) is 0 Å². The van der Waals surface area contributed by atoms with Crippen molar-refractivity contribution < 1.29 is 0 Å². The highest BCUT2D eigenvalue weighted by molar-refractivity contribution is 6.30. The van der Waals surface area contributed by atoms with Crippen LogP contribution < -0.4 is 0 Å². The van der Waals surface area contributed by atoms with Crippen LogP contribution in [0.5, 0.6) is 0 Å². The molecule has 1 aliphatic rings. The maximum Gasteiger partial charge on any atom is 0.174 e. The van der Waals surface area contributed by atoms with Crippen molar-refractivity contribution in [2.75, 3.05) is 0 Å². The zero-order chi connectivity index (χ0) is 21.4. The molecule has 31 heavy (non-hydrogen) atoms. The Balaban J connectivity index is 1.38. The van der Waals surface area contributed by atoms with Crippen LogP contribution in [0.2, 0.25) is 5.02 Å². The van der Waals surface area contributed by atoms with E-state index in [4.69, 9.17) is 21.7 Å². The summed E-state index contributed by atoms with van der Waals surface area (Å²) in [6, 6.07) is 14.5. The smallest absolute Gasteiger partial charge is 0.174 e. The first kappa shape index (κ1) is 19.8. The Kier molecular flexibility index (Phi) is 5.20. The van der Waals surface area contributed by atoms with E-state index < -0.39 is 0 Å². The molecule has 0 spiro atoms. The Morgan fingerprint density at radius 3 is 2.65 bits per heavy atom. The number of nitrogens with zero attached hydrogens (tertiary/aromatic N) is 5. The zero-order valence-corrected chi connectivity index (χ0v) is 18.4. The van der Waals surface area contributed by atoms with E-state index in [0.717, 1.165) is 53.0 Å². The second-order valence-corrected chi connectivity index (χ2v) is 8.54. The number of benzene rings is 2. The number of aryl methyl sites for hydroxylation is 3. The van der Waals surface area contributed by atoms with E-state index in [1.165, 1.54) is 11.1 Å². The van der Waals surface area contributed by atoms with Crippen molar-refractivity contribution in [3.63, 3.8) is 0 Å². The highest BCUT2D eigenvalue weighted by atomic mass is 35.5. The number of hydrogen-bond donors (Lipinski definition) is 0. The first-order valence-electron chi connectivity index (χ1n) is 10.6. The third-order valence-corrected chi connectivity index (χ3v) is 6.05. The van der Waals surface area contributed by atoms with Crippen molar-refractivity contribution in [1.29, 1.82) is 0 Å². The molecule has 0 saturated heterocycles. The average molecular weight is 430 g/mol. The molecule has 0 bridgehead atoms. The summed E-state index contributed by atoms with van der Waals surface area (Å²) in [5, 5.41) is 5.49. The molecule has 0 fully saturated rings. The SMILES string of the molecule is Cc1cn(-c2ccc(/C=C/c3nc4n(n3)CCC[C@@H]4c3ccc(Cl)cc3)cc2C)cn1. The van der Waals surface area contributed by atoms with Gasteiger partial charge in [0.15, 0.2) is 5.82 Å². The molecule has 0 radical (unpaired) electrons. The van der Waals surface area contributed by atoms with Gasteiger partial charge in [-0.1, -0.05) is 35.9 Å². The van der Waals surface area contributed by atoms with Crippen LogP contribution in [0.1, 0.15) is 52.8 Å². The number of imidazole rings is 1. The second kappa shape index (κ2) is 8.16. The second-order valence-electron chi connectivity index (χ2n) is 8.10. The molecule has 5 nitrogen and oxygen atoms in total. The van der Waals surface area contributed by atoms with Gasteiger partial charge in [0.2, 0.25) is 0 Å². The van der Waals surface area contributed by atoms with Crippen LogP contribution in [-0.2, 0) is 6.54 Å². The van der Waals surface area contributed by atoms with E-state index in [1.54, 1.807) is 0 Å². The van der Waals surface area contributed by atoms with Gasteiger partial charge < -0.3 is 4.57 Å². The number of aromatic nitrogens is 5. The summed E-state index contributed by atoms with van der Waals surface area (Å²) in [5.74, 6) is 2.05. The third kappa shape index (κ3) is 4.06. The third-order valence-electron chi connectivity index (χ3n) is 5.80. The molecule has 5 rings (SSSR count). The van der Waals surface area contributed by atoms with E-state index in [-0.39, 0.29) is 5.92 Å². The van der Waals surface area contributed by atoms with Crippen molar-refractivity contribution in [3.05, 3.63) is 94.0 Å². The van der Waals surface area contributed by atoms with Crippen LogP contribution in [0.4, 0.5) is 0 Å². The van der Waals surface area contributed by atoms with Crippen LogP contribution >= 0.6 is 11.6 Å². The topological polar surface area (TPSA) is 48.5 Å². The van der Waals surface area contributed by atoms with E-state index in [1.807, 2.05) is 37.7 Å². The summed E-state index contributed by atoms with van der Waals surface area (Å²) >= 11 is 6.06. The molecule has 0 saturated carbocycles. The van der Waals surface area contributed by atoms with Gasteiger partial charge in [-0.05, 0) is 73.7 Å². The Morgan fingerprint density at radius 2 is 1.90 bits per heavy atom. The molecule has 0 aliphatic carbocycles. The molecule has 4 aromatic rings. The van der Waals surface area contributed by atoms with Gasteiger partial charge in [0.05, 0.1) is 12.0 Å².